The molecule has 2 saturated carbocycles. The quantitative estimate of drug-likeness (QED) is 0.134. The molecule has 0 spiro atoms. The third-order valence-electron chi connectivity index (χ3n) is 8.29. The van der Waals surface area contributed by atoms with E-state index in [0.29, 0.717) is 16.5 Å². The maximum Gasteiger partial charge on any atom is 0.274 e. The molecular formula is C30H23Cl2N3O7. The van der Waals surface area contributed by atoms with Crippen LogP contribution >= 0.6 is 23.2 Å². The highest BCUT2D eigenvalue weighted by Crippen LogP contribution is 2.56. The van der Waals surface area contributed by atoms with E-state index < -0.39 is 46.8 Å². The molecule has 0 radical (unpaired) electrons. The number of halogens is 2. The minimum absolute atomic E-state index is 0.00124. The van der Waals surface area contributed by atoms with Crippen molar-refractivity contribution in [3.8, 4) is 11.5 Å². The van der Waals surface area contributed by atoms with E-state index in [2.05, 4.69) is 0 Å². The van der Waals surface area contributed by atoms with E-state index in [-0.39, 0.29) is 33.7 Å². The summed E-state index contributed by atoms with van der Waals surface area (Å²) in [4.78, 5) is 64.8. The van der Waals surface area contributed by atoms with Gasteiger partial charge in [0.15, 0.2) is 5.78 Å². The van der Waals surface area contributed by atoms with E-state index in [9.17, 15) is 29.3 Å². The first kappa shape index (κ1) is 27.9. The van der Waals surface area contributed by atoms with E-state index in [1.165, 1.54) is 66.7 Å². The molecule has 3 amide bonds. The summed E-state index contributed by atoms with van der Waals surface area (Å²) in [6, 6.07) is 15.8. The average Bonchev–Trinajstić information content (AvgIpc) is 3.66. The van der Waals surface area contributed by atoms with Crippen LogP contribution in [0.4, 0.5) is 5.69 Å². The van der Waals surface area contributed by atoms with Gasteiger partial charge in [0, 0.05) is 22.7 Å². The second-order valence-corrected chi connectivity index (χ2v) is 11.5. The first-order chi connectivity index (χ1) is 20.1. The summed E-state index contributed by atoms with van der Waals surface area (Å²) in [5, 5.41) is 12.9. The van der Waals surface area contributed by atoms with Crippen LogP contribution in [0.2, 0.25) is 10.0 Å². The number of carbonyl (C=O) groups is 4. The Morgan fingerprint density at radius 3 is 2.02 bits per heavy atom. The van der Waals surface area contributed by atoms with Crippen LogP contribution in [0.5, 0.6) is 11.5 Å². The molecular weight excluding hydrogens is 585 g/mol. The number of hydrogen-bond donors (Lipinski definition) is 0. The van der Waals surface area contributed by atoms with Gasteiger partial charge in [-0.15, -0.1) is 0 Å². The predicted octanol–water partition coefficient (Wildman–Crippen LogP) is 5.97. The van der Waals surface area contributed by atoms with Gasteiger partial charge in [0.05, 0.1) is 27.3 Å². The maximum absolute atomic E-state index is 13.8. The van der Waals surface area contributed by atoms with Gasteiger partial charge in [-0.2, -0.15) is 5.01 Å². The van der Waals surface area contributed by atoms with Gasteiger partial charge >= 0.3 is 0 Å². The topological polar surface area (TPSA) is 127 Å². The molecule has 6 rings (SSSR count). The van der Waals surface area contributed by atoms with Crippen molar-refractivity contribution in [2.75, 3.05) is 6.54 Å². The number of imide groups is 1. The van der Waals surface area contributed by atoms with Gasteiger partial charge in [-0.1, -0.05) is 23.2 Å². The molecule has 0 aromatic heterocycles. The van der Waals surface area contributed by atoms with Crippen LogP contribution in [-0.4, -0.2) is 45.0 Å². The standard InChI is InChI=1S/C30H23Cl2N3O7/c31-19-5-12-23(24(32)14-19)28(37)33(34-29(38)26-17-1-2-18(13-17)27(26)30(34)39)15-25(36)16-3-8-21(9-4-16)42-22-10-6-20(7-11-22)35(40)41/h3-12,14,17-18,26-27H,1-2,13,15H2/t17-,18-,26-,27-/m0/s1. The monoisotopic (exact) mass is 607 g/mol. The average molecular weight is 608 g/mol. The van der Waals surface area contributed by atoms with E-state index >= 15 is 0 Å². The van der Waals surface area contributed by atoms with E-state index in [1.807, 2.05) is 0 Å². The van der Waals surface area contributed by atoms with Crippen molar-refractivity contribution in [3.63, 3.8) is 0 Å². The summed E-state index contributed by atoms with van der Waals surface area (Å²) in [7, 11) is 0. The number of fused-ring (bicyclic) bond motifs is 5. The summed E-state index contributed by atoms with van der Waals surface area (Å²) >= 11 is 12.3. The first-order valence-corrected chi connectivity index (χ1v) is 14.1. The number of benzene rings is 3. The molecule has 10 nitrogen and oxygen atoms in total. The Morgan fingerprint density at radius 1 is 0.905 bits per heavy atom. The van der Waals surface area contributed by atoms with E-state index in [4.69, 9.17) is 27.9 Å². The molecule has 4 atom stereocenters. The summed E-state index contributed by atoms with van der Waals surface area (Å²) in [6.07, 6.45) is 2.55. The lowest BCUT2D eigenvalue weighted by atomic mass is 9.81. The van der Waals surface area contributed by atoms with Crippen LogP contribution in [0, 0.1) is 33.8 Å². The molecule has 3 aromatic rings. The highest BCUT2D eigenvalue weighted by atomic mass is 35.5. The van der Waals surface area contributed by atoms with Crippen molar-refractivity contribution >= 4 is 52.4 Å². The van der Waals surface area contributed by atoms with Crippen molar-refractivity contribution in [2.24, 2.45) is 23.7 Å². The zero-order valence-corrected chi connectivity index (χ0v) is 23.5. The molecule has 3 fully saturated rings. The molecule has 3 aliphatic rings. The van der Waals surface area contributed by atoms with Gasteiger partial charge in [-0.25, -0.2) is 5.01 Å². The van der Waals surface area contributed by atoms with Crippen molar-refractivity contribution in [1.29, 1.82) is 0 Å². The Balaban J connectivity index is 1.25. The minimum atomic E-state index is -0.767. The van der Waals surface area contributed by atoms with Crippen LogP contribution in [0.1, 0.15) is 40.0 Å². The summed E-state index contributed by atoms with van der Waals surface area (Å²) in [5.41, 5.74) is 0.139. The van der Waals surface area contributed by atoms with Gasteiger partial charge in [0.25, 0.3) is 23.4 Å². The molecule has 2 bridgehead atoms. The van der Waals surface area contributed by atoms with Gasteiger partial charge in [-0.05, 0) is 85.7 Å². The molecule has 12 heteroatoms. The Hall–Kier alpha value is -4.28. The number of Topliss-reactive ketones (excluding diaryl/α,β-unsaturated/α-hetero) is 1. The van der Waals surface area contributed by atoms with Gasteiger partial charge < -0.3 is 4.74 Å². The Bertz CT molecular complexity index is 1600. The normalized spacial score (nSPS) is 22.3. The largest absolute Gasteiger partial charge is 0.457 e. The van der Waals surface area contributed by atoms with Crippen LogP contribution in [-0.2, 0) is 9.59 Å². The number of amides is 3. The van der Waals surface area contributed by atoms with Crippen LogP contribution in [0.25, 0.3) is 0 Å². The lowest BCUT2D eigenvalue weighted by molar-refractivity contribution is -0.384. The van der Waals surface area contributed by atoms with E-state index in [0.717, 1.165) is 29.3 Å². The van der Waals surface area contributed by atoms with Crippen LogP contribution < -0.4 is 4.74 Å². The number of hydrogen-bond acceptors (Lipinski definition) is 7. The Labute approximate surface area is 249 Å². The zero-order chi connectivity index (χ0) is 29.7. The minimum Gasteiger partial charge on any atom is -0.457 e. The van der Waals surface area contributed by atoms with Crippen molar-refractivity contribution in [2.45, 2.75) is 19.3 Å². The second-order valence-electron chi connectivity index (χ2n) is 10.7. The van der Waals surface area contributed by atoms with Gasteiger partial charge in [0.2, 0.25) is 0 Å². The highest BCUT2D eigenvalue weighted by molar-refractivity contribution is 6.36. The smallest absolute Gasteiger partial charge is 0.274 e. The third-order valence-corrected chi connectivity index (χ3v) is 8.84. The summed E-state index contributed by atoms with van der Waals surface area (Å²) in [5.74, 6) is -2.26. The maximum atomic E-state index is 13.8. The summed E-state index contributed by atoms with van der Waals surface area (Å²) in [6.45, 7) is -0.577. The molecule has 3 aromatic carbocycles. The van der Waals surface area contributed by atoms with Crippen LogP contribution in [0.3, 0.4) is 0 Å². The first-order valence-electron chi connectivity index (χ1n) is 13.3. The number of nitro benzene ring substituents is 1. The predicted molar refractivity (Wildman–Crippen MR) is 151 cm³/mol. The fourth-order valence-corrected chi connectivity index (χ4v) is 6.86. The molecule has 2 aliphatic carbocycles. The van der Waals surface area contributed by atoms with Crippen molar-refractivity contribution in [1.82, 2.24) is 10.0 Å². The number of nitrogens with zero attached hydrogens (tertiary/aromatic N) is 3. The fraction of sp³-hybridized carbons (Fsp3) is 0.267. The Kier molecular flexibility index (Phi) is 7.20. The lowest BCUT2D eigenvalue weighted by Gasteiger charge is -2.31. The number of rotatable bonds is 8. The molecule has 214 valence electrons. The fourth-order valence-electron chi connectivity index (χ4n) is 6.37. The molecule has 0 unspecified atom stereocenters. The molecule has 1 saturated heterocycles. The van der Waals surface area contributed by atoms with Crippen molar-refractivity contribution < 1.29 is 28.8 Å². The number of ketones is 1. The van der Waals surface area contributed by atoms with Crippen LogP contribution in [0.15, 0.2) is 66.7 Å². The number of ether oxygens (including phenoxy) is 1. The third kappa shape index (κ3) is 4.90. The zero-order valence-electron chi connectivity index (χ0n) is 21.9. The molecule has 1 heterocycles. The highest BCUT2D eigenvalue weighted by Gasteiger charge is 2.62. The van der Waals surface area contributed by atoms with Crippen molar-refractivity contribution in [3.05, 3.63) is 98.0 Å². The number of hydrazine groups is 1. The number of nitro groups is 1. The lowest BCUT2D eigenvalue weighted by Crippen LogP contribution is -2.52. The number of carbonyl (C=O) groups excluding carboxylic acids is 4. The van der Waals surface area contributed by atoms with Gasteiger partial charge in [0.1, 0.15) is 18.0 Å². The van der Waals surface area contributed by atoms with E-state index in [1.54, 1.807) is 0 Å². The second kappa shape index (κ2) is 10.8. The summed E-state index contributed by atoms with van der Waals surface area (Å²) < 4.78 is 5.70. The molecule has 42 heavy (non-hydrogen) atoms. The number of non-ortho nitro benzene ring substituents is 1. The van der Waals surface area contributed by atoms with Gasteiger partial charge in [-0.3, -0.25) is 29.3 Å². The molecule has 1 aliphatic heterocycles. The Morgan fingerprint density at radius 2 is 1.48 bits per heavy atom. The molecule has 0 N–H and O–H groups in total. The SMILES string of the molecule is O=C(CN(C(=O)c1ccc(Cl)cc1Cl)N1C(=O)[C@H]2[C@H]3CC[C@@H](C3)[C@@H]2C1=O)c1ccc(Oc2ccc([N+](=O)[O-])cc2)cc1.